The average Bonchev–Trinajstić information content (AvgIpc) is 3.13. The first kappa shape index (κ1) is 15.2. The van der Waals surface area contributed by atoms with Gasteiger partial charge in [0.05, 0.1) is 11.4 Å². The van der Waals surface area contributed by atoms with Crippen LogP contribution in [0.5, 0.6) is 0 Å². The molecule has 2 heteroatoms. The number of rotatable bonds is 4. The molecule has 1 heterocycles. The molecule has 0 N–H and O–H groups in total. The molecule has 0 saturated heterocycles. The van der Waals surface area contributed by atoms with Crippen LogP contribution in [0.2, 0.25) is 0 Å². The number of hydrogen-bond acceptors (Lipinski definition) is 1. The van der Waals surface area contributed by atoms with Crippen molar-refractivity contribution in [1.29, 1.82) is 0 Å². The van der Waals surface area contributed by atoms with Crippen molar-refractivity contribution in [3.63, 3.8) is 0 Å². The van der Waals surface area contributed by atoms with Crippen molar-refractivity contribution >= 4 is 12.2 Å². The second-order valence-corrected chi connectivity index (χ2v) is 5.72. The van der Waals surface area contributed by atoms with Gasteiger partial charge in [0.15, 0.2) is 0 Å². The van der Waals surface area contributed by atoms with E-state index in [9.17, 15) is 0 Å². The Bertz CT molecular complexity index is 969. The van der Waals surface area contributed by atoms with Crippen molar-refractivity contribution < 1.29 is 0 Å². The quantitative estimate of drug-likeness (QED) is 0.484. The zero-order valence-corrected chi connectivity index (χ0v) is 13.7. The van der Waals surface area contributed by atoms with E-state index in [0.29, 0.717) is 0 Å². The number of benzene rings is 3. The minimum absolute atomic E-state index is 0.845. The summed E-state index contributed by atoms with van der Waals surface area (Å²) in [6.45, 7) is 0. The van der Waals surface area contributed by atoms with Crippen molar-refractivity contribution in [3.8, 4) is 16.9 Å². The fraction of sp³-hybridized carbons (Fsp3) is 0. The van der Waals surface area contributed by atoms with E-state index in [1.165, 1.54) is 0 Å². The lowest BCUT2D eigenvalue weighted by molar-refractivity contribution is 0.875. The monoisotopic (exact) mass is 321 g/mol. The highest BCUT2D eigenvalue weighted by atomic mass is 15.3. The Kier molecular flexibility index (Phi) is 4.25. The molecule has 25 heavy (non-hydrogen) atoms. The summed E-state index contributed by atoms with van der Waals surface area (Å²) >= 11 is 0. The van der Waals surface area contributed by atoms with E-state index in [0.717, 1.165) is 28.2 Å². The van der Waals surface area contributed by atoms with Crippen molar-refractivity contribution in [2.24, 2.45) is 0 Å². The lowest BCUT2D eigenvalue weighted by Gasteiger charge is -2.04. The third-order valence-corrected chi connectivity index (χ3v) is 3.96. The second-order valence-electron chi connectivity index (χ2n) is 5.72. The third kappa shape index (κ3) is 3.43. The minimum Gasteiger partial charge on any atom is -0.232 e. The first-order chi connectivity index (χ1) is 12.4. The highest BCUT2D eigenvalue weighted by molar-refractivity contribution is 5.71. The Hall–Kier alpha value is -3.39. The number of aromatic nitrogens is 2. The normalized spacial score (nSPS) is 11.0. The summed E-state index contributed by atoms with van der Waals surface area (Å²) in [5.74, 6) is 0. The molecule has 3 aromatic carbocycles. The van der Waals surface area contributed by atoms with Gasteiger partial charge < -0.3 is 0 Å². The maximum atomic E-state index is 4.77. The van der Waals surface area contributed by atoms with E-state index < -0.39 is 0 Å². The van der Waals surface area contributed by atoms with Crippen molar-refractivity contribution in [1.82, 2.24) is 9.78 Å². The van der Waals surface area contributed by atoms with Crippen LogP contribution in [-0.4, -0.2) is 9.78 Å². The fourth-order valence-corrected chi connectivity index (χ4v) is 2.70. The van der Waals surface area contributed by atoms with Crippen molar-refractivity contribution in [2.75, 3.05) is 0 Å². The van der Waals surface area contributed by atoms with Gasteiger partial charge in [0.25, 0.3) is 0 Å². The maximum Gasteiger partial charge on any atom is 0.101 e. The summed E-state index contributed by atoms with van der Waals surface area (Å²) in [5.41, 5.74) is 5.00. The summed E-state index contributed by atoms with van der Waals surface area (Å²) < 4.78 is 1.93. The van der Waals surface area contributed by atoms with Crippen LogP contribution in [0.4, 0.5) is 0 Å². The van der Waals surface area contributed by atoms with Crippen LogP contribution in [-0.2, 0) is 0 Å². The standard InChI is InChI=1S/C23H17N2/c1-4-10-19(11-5-1)16-17-22-18-23(20-12-6-2-7-13-20)24-25(22)21-14-8-3-9-15-21/h1-17H/b17-16+. The highest BCUT2D eigenvalue weighted by Crippen LogP contribution is 2.22. The molecule has 0 fully saturated rings. The maximum absolute atomic E-state index is 4.77. The van der Waals surface area contributed by atoms with E-state index in [1.54, 1.807) is 0 Å². The Morgan fingerprint density at radius 1 is 0.680 bits per heavy atom. The molecule has 0 aliphatic carbocycles. The second kappa shape index (κ2) is 7.02. The van der Waals surface area contributed by atoms with Gasteiger partial charge in [-0.05, 0) is 23.8 Å². The van der Waals surface area contributed by atoms with Crippen LogP contribution in [0, 0.1) is 6.07 Å². The van der Waals surface area contributed by atoms with Gasteiger partial charge in [-0.3, -0.25) is 0 Å². The van der Waals surface area contributed by atoms with Gasteiger partial charge in [-0.1, -0.05) is 84.9 Å². The summed E-state index contributed by atoms with van der Waals surface area (Å²) in [5, 5.41) is 4.77. The molecule has 0 unspecified atom stereocenters. The highest BCUT2D eigenvalue weighted by Gasteiger charge is 2.09. The van der Waals surface area contributed by atoms with Crippen LogP contribution >= 0.6 is 0 Å². The smallest absolute Gasteiger partial charge is 0.101 e. The first-order valence-corrected chi connectivity index (χ1v) is 8.26. The lowest BCUT2D eigenvalue weighted by atomic mass is 10.1. The lowest BCUT2D eigenvalue weighted by Crippen LogP contribution is -1.98. The molecule has 0 spiro atoms. The van der Waals surface area contributed by atoms with E-state index in [-0.39, 0.29) is 0 Å². The van der Waals surface area contributed by atoms with Crippen LogP contribution in [0.25, 0.3) is 29.1 Å². The fourth-order valence-electron chi connectivity index (χ4n) is 2.70. The Balaban J connectivity index is 1.78. The summed E-state index contributed by atoms with van der Waals surface area (Å²) in [6, 6.07) is 34.0. The van der Waals surface area contributed by atoms with Gasteiger partial charge in [-0.25, -0.2) is 4.68 Å². The third-order valence-electron chi connectivity index (χ3n) is 3.96. The predicted octanol–water partition coefficient (Wildman–Crippen LogP) is 5.51. The Labute approximate surface area is 147 Å². The van der Waals surface area contributed by atoms with Gasteiger partial charge >= 0.3 is 0 Å². The molecule has 0 bridgehead atoms. The molecular weight excluding hydrogens is 304 g/mol. The summed E-state index contributed by atoms with van der Waals surface area (Å²) in [6.07, 6.45) is 4.14. The zero-order chi connectivity index (χ0) is 16.9. The topological polar surface area (TPSA) is 17.8 Å². The van der Waals surface area contributed by atoms with Crippen molar-refractivity contribution in [3.05, 3.63) is 108 Å². The van der Waals surface area contributed by atoms with Crippen LogP contribution < -0.4 is 0 Å². The number of nitrogens with zero attached hydrogens (tertiary/aromatic N) is 2. The van der Waals surface area contributed by atoms with E-state index in [2.05, 4.69) is 54.6 Å². The number of para-hydroxylation sites is 1. The molecule has 4 rings (SSSR count). The molecular formula is C23H17N2. The largest absolute Gasteiger partial charge is 0.232 e. The number of hydrogen-bond donors (Lipinski definition) is 0. The van der Waals surface area contributed by atoms with Crippen LogP contribution in [0.1, 0.15) is 11.3 Å². The van der Waals surface area contributed by atoms with Gasteiger partial charge in [-0.15, -0.1) is 0 Å². The molecule has 1 aromatic heterocycles. The molecule has 4 aromatic rings. The van der Waals surface area contributed by atoms with E-state index in [4.69, 9.17) is 5.10 Å². The molecule has 1 radical (unpaired) electrons. The van der Waals surface area contributed by atoms with Crippen molar-refractivity contribution in [2.45, 2.75) is 0 Å². The first-order valence-electron chi connectivity index (χ1n) is 8.26. The molecule has 0 aliphatic rings. The van der Waals surface area contributed by atoms with Gasteiger partial charge in [0, 0.05) is 11.6 Å². The van der Waals surface area contributed by atoms with Crippen LogP contribution in [0.3, 0.4) is 0 Å². The molecule has 0 saturated carbocycles. The van der Waals surface area contributed by atoms with Gasteiger partial charge in [0.2, 0.25) is 0 Å². The molecule has 119 valence electrons. The van der Waals surface area contributed by atoms with E-state index >= 15 is 0 Å². The predicted molar refractivity (Wildman–Crippen MR) is 103 cm³/mol. The Morgan fingerprint density at radius 3 is 1.96 bits per heavy atom. The molecule has 0 amide bonds. The summed E-state index contributed by atoms with van der Waals surface area (Å²) in [4.78, 5) is 0. The molecule has 0 aliphatic heterocycles. The minimum atomic E-state index is 0.845. The molecule has 0 atom stereocenters. The van der Waals surface area contributed by atoms with Crippen LogP contribution in [0.15, 0.2) is 91.0 Å². The average molecular weight is 321 g/mol. The SMILES string of the molecule is [c]1c(-c2ccccc2)nn(-c2ccccc2)c1/C=C/c1ccccc1. The summed E-state index contributed by atoms with van der Waals surface area (Å²) in [7, 11) is 0. The van der Waals surface area contributed by atoms with E-state index in [1.807, 2.05) is 59.3 Å². The Morgan fingerprint density at radius 2 is 1.28 bits per heavy atom. The van der Waals surface area contributed by atoms with Gasteiger partial charge in [-0.2, -0.15) is 5.10 Å². The molecule has 2 nitrogen and oxygen atoms in total. The van der Waals surface area contributed by atoms with Gasteiger partial charge in [0.1, 0.15) is 5.69 Å². The zero-order valence-electron chi connectivity index (χ0n) is 13.7.